The molecular formula is C17H18ClF3N2O2. The monoisotopic (exact) mass is 374 g/mol. The summed E-state index contributed by atoms with van der Waals surface area (Å²) in [5.41, 5.74) is 1.17. The van der Waals surface area contributed by atoms with E-state index in [4.69, 9.17) is 11.6 Å². The van der Waals surface area contributed by atoms with Crippen LogP contribution in [0.1, 0.15) is 24.8 Å². The lowest BCUT2D eigenvalue weighted by molar-refractivity contribution is -0.188. The zero-order valence-corrected chi connectivity index (χ0v) is 14.4. The van der Waals surface area contributed by atoms with Crippen molar-refractivity contribution in [1.29, 1.82) is 0 Å². The lowest BCUT2D eigenvalue weighted by atomic mass is 9.96. The number of hydrogen-bond donors (Lipinski definition) is 0. The van der Waals surface area contributed by atoms with Gasteiger partial charge >= 0.3 is 6.18 Å². The maximum absolute atomic E-state index is 13.0. The van der Waals surface area contributed by atoms with Crippen LogP contribution in [0.15, 0.2) is 18.2 Å². The minimum Gasteiger partial charge on any atom is -0.291 e. The lowest BCUT2D eigenvalue weighted by Crippen LogP contribution is -2.49. The first-order valence-electron chi connectivity index (χ1n) is 8.12. The van der Waals surface area contributed by atoms with Gasteiger partial charge in [0.25, 0.3) is 5.91 Å². The van der Waals surface area contributed by atoms with Gasteiger partial charge < -0.3 is 0 Å². The highest BCUT2D eigenvalue weighted by Crippen LogP contribution is 2.36. The van der Waals surface area contributed by atoms with Crippen LogP contribution in [-0.4, -0.2) is 42.0 Å². The van der Waals surface area contributed by atoms with Crippen LogP contribution in [0.2, 0.25) is 5.02 Å². The number of carbonyl (C=O) groups is 2. The molecule has 2 amide bonds. The Labute approximate surface area is 148 Å². The minimum absolute atomic E-state index is 0.0616. The largest absolute Gasteiger partial charge is 0.393 e. The van der Waals surface area contributed by atoms with E-state index in [-0.39, 0.29) is 19.4 Å². The molecule has 2 fully saturated rings. The quantitative estimate of drug-likeness (QED) is 0.743. The molecule has 0 unspecified atom stereocenters. The van der Waals surface area contributed by atoms with Gasteiger partial charge in [-0.25, -0.2) is 4.90 Å². The fourth-order valence-corrected chi connectivity index (χ4v) is 3.62. The van der Waals surface area contributed by atoms with Crippen LogP contribution >= 0.6 is 11.6 Å². The second kappa shape index (κ2) is 6.61. The molecule has 0 saturated carbocycles. The van der Waals surface area contributed by atoms with E-state index in [1.54, 1.807) is 19.1 Å². The Morgan fingerprint density at radius 2 is 1.96 bits per heavy atom. The van der Waals surface area contributed by atoms with Crippen molar-refractivity contribution >= 4 is 29.1 Å². The predicted molar refractivity (Wildman–Crippen MR) is 87.4 cm³/mol. The first-order valence-corrected chi connectivity index (χ1v) is 8.50. The van der Waals surface area contributed by atoms with Gasteiger partial charge in [-0.3, -0.25) is 14.5 Å². The molecule has 2 aliphatic rings. The average Bonchev–Trinajstić information content (AvgIpc) is 2.84. The van der Waals surface area contributed by atoms with E-state index in [0.29, 0.717) is 23.7 Å². The molecule has 3 rings (SSSR count). The number of nitrogens with zero attached hydrogens (tertiary/aromatic N) is 2. The molecule has 2 aliphatic heterocycles. The van der Waals surface area contributed by atoms with Gasteiger partial charge in [-0.05, 0) is 44.0 Å². The number of alkyl halides is 3. The SMILES string of the molecule is Cc1ccc(N2C(=O)C[C@H](N3CCC[C@@H](C(F)(F)F)C3)C2=O)cc1Cl. The topological polar surface area (TPSA) is 40.6 Å². The number of rotatable bonds is 2. The highest BCUT2D eigenvalue weighted by Gasteiger charge is 2.48. The van der Waals surface area contributed by atoms with E-state index in [1.165, 1.54) is 11.0 Å². The van der Waals surface area contributed by atoms with Crippen LogP contribution in [0.5, 0.6) is 0 Å². The molecule has 0 bridgehead atoms. The molecule has 0 aliphatic carbocycles. The van der Waals surface area contributed by atoms with Crippen molar-refractivity contribution in [3.05, 3.63) is 28.8 Å². The van der Waals surface area contributed by atoms with Gasteiger partial charge in [0.2, 0.25) is 5.91 Å². The smallest absolute Gasteiger partial charge is 0.291 e. The van der Waals surface area contributed by atoms with E-state index >= 15 is 0 Å². The van der Waals surface area contributed by atoms with Gasteiger partial charge in [-0.15, -0.1) is 0 Å². The number of anilines is 1. The Balaban J connectivity index is 1.80. The van der Waals surface area contributed by atoms with E-state index < -0.39 is 30.0 Å². The maximum atomic E-state index is 13.0. The van der Waals surface area contributed by atoms with Crippen molar-refractivity contribution in [2.45, 2.75) is 38.4 Å². The zero-order valence-electron chi connectivity index (χ0n) is 13.6. The summed E-state index contributed by atoms with van der Waals surface area (Å²) in [7, 11) is 0. The molecule has 2 heterocycles. The van der Waals surface area contributed by atoms with E-state index in [9.17, 15) is 22.8 Å². The van der Waals surface area contributed by atoms with Crippen LogP contribution in [-0.2, 0) is 9.59 Å². The van der Waals surface area contributed by atoms with E-state index in [0.717, 1.165) is 10.5 Å². The summed E-state index contributed by atoms with van der Waals surface area (Å²) < 4.78 is 39.0. The van der Waals surface area contributed by atoms with Crippen LogP contribution in [0.3, 0.4) is 0 Å². The number of hydrogen-bond acceptors (Lipinski definition) is 3. The molecule has 0 N–H and O–H groups in total. The van der Waals surface area contributed by atoms with Crippen molar-refractivity contribution in [2.24, 2.45) is 5.92 Å². The van der Waals surface area contributed by atoms with E-state index in [1.807, 2.05) is 0 Å². The van der Waals surface area contributed by atoms with Crippen molar-refractivity contribution in [3.8, 4) is 0 Å². The molecule has 2 atom stereocenters. The fraction of sp³-hybridized carbons (Fsp3) is 0.529. The third kappa shape index (κ3) is 3.53. The van der Waals surface area contributed by atoms with Gasteiger partial charge in [0, 0.05) is 11.6 Å². The summed E-state index contributed by atoms with van der Waals surface area (Å²) in [4.78, 5) is 27.6. The Morgan fingerprint density at radius 1 is 1.24 bits per heavy atom. The molecule has 8 heteroatoms. The summed E-state index contributed by atoms with van der Waals surface area (Å²) in [6, 6.07) is 4.02. The Hall–Kier alpha value is -1.60. The Bertz CT molecular complexity index is 708. The number of piperidine rings is 1. The van der Waals surface area contributed by atoms with Crippen LogP contribution in [0.25, 0.3) is 0 Å². The van der Waals surface area contributed by atoms with Crippen LogP contribution in [0.4, 0.5) is 18.9 Å². The molecular weight excluding hydrogens is 357 g/mol. The molecule has 136 valence electrons. The number of halogens is 4. The third-order valence-electron chi connectivity index (χ3n) is 4.89. The summed E-state index contributed by atoms with van der Waals surface area (Å²) >= 11 is 6.06. The Morgan fingerprint density at radius 3 is 2.60 bits per heavy atom. The number of aryl methyl sites for hydroxylation is 1. The third-order valence-corrected chi connectivity index (χ3v) is 5.30. The first kappa shape index (κ1) is 18.2. The minimum atomic E-state index is -4.28. The standard InChI is InChI=1S/C17H18ClF3N2O2/c1-10-4-5-12(7-13(10)18)23-15(24)8-14(16(23)25)22-6-2-3-11(9-22)17(19,20)21/h4-5,7,11,14H,2-3,6,8-9H2,1H3/t11-,14+/m1/s1. The highest BCUT2D eigenvalue weighted by molar-refractivity contribution is 6.32. The molecule has 0 aromatic heterocycles. The first-order chi connectivity index (χ1) is 11.7. The molecule has 1 aromatic rings. The normalized spacial score (nSPS) is 25.7. The average molecular weight is 375 g/mol. The molecule has 25 heavy (non-hydrogen) atoms. The van der Waals surface area contributed by atoms with E-state index in [2.05, 4.69) is 0 Å². The number of benzene rings is 1. The number of likely N-dealkylation sites (tertiary alicyclic amines) is 1. The number of imide groups is 1. The van der Waals surface area contributed by atoms with Gasteiger partial charge in [-0.2, -0.15) is 13.2 Å². The van der Waals surface area contributed by atoms with Crippen molar-refractivity contribution in [1.82, 2.24) is 4.90 Å². The summed E-state index contributed by atoms with van der Waals surface area (Å²) in [5, 5.41) is 0.427. The highest BCUT2D eigenvalue weighted by atomic mass is 35.5. The maximum Gasteiger partial charge on any atom is 0.393 e. The van der Waals surface area contributed by atoms with Gasteiger partial charge in [0.05, 0.1) is 24.1 Å². The molecule has 4 nitrogen and oxygen atoms in total. The molecule has 0 radical (unpaired) electrons. The van der Waals surface area contributed by atoms with Crippen LogP contribution in [0, 0.1) is 12.8 Å². The number of amides is 2. The lowest BCUT2D eigenvalue weighted by Gasteiger charge is -2.36. The fourth-order valence-electron chi connectivity index (χ4n) is 3.45. The summed E-state index contributed by atoms with van der Waals surface area (Å²) in [6.07, 6.45) is -3.96. The van der Waals surface area contributed by atoms with Crippen molar-refractivity contribution in [2.75, 3.05) is 18.0 Å². The molecule has 0 spiro atoms. The second-order valence-corrected chi connectivity index (χ2v) is 7.00. The summed E-state index contributed by atoms with van der Waals surface area (Å²) in [6.45, 7) is 1.95. The predicted octanol–water partition coefficient (Wildman–Crippen LogP) is 3.55. The molecule has 1 aromatic carbocycles. The zero-order chi connectivity index (χ0) is 18.4. The second-order valence-electron chi connectivity index (χ2n) is 6.60. The summed E-state index contributed by atoms with van der Waals surface area (Å²) in [5.74, 6) is -2.34. The van der Waals surface area contributed by atoms with Gasteiger partial charge in [0.15, 0.2) is 0 Å². The van der Waals surface area contributed by atoms with Crippen LogP contribution < -0.4 is 4.90 Å². The van der Waals surface area contributed by atoms with Crippen molar-refractivity contribution < 1.29 is 22.8 Å². The number of carbonyl (C=O) groups excluding carboxylic acids is 2. The Kier molecular flexibility index (Phi) is 4.81. The van der Waals surface area contributed by atoms with Crippen molar-refractivity contribution in [3.63, 3.8) is 0 Å². The van der Waals surface area contributed by atoms with Gasteiger partial charge in [0.1, 0.15) is 0 Å². The van der Waals surface area contributed by atoms with Gasteiger partial charge in [-0.1, -0.05) is 17.7 Å². The molecule has 2 saturated heterocycles.